The molecule has 114 valence electrons. The smallest absolute Gasteiger partial charge is 0.232 e. The van der Waals surface area contributed by atoms with Crippen LogP contribution in [0, 0.1) is 12.8 Å². The van der Waals surface area contributed by atoms with Gasteiger partial charge in [0.2, 0.25) is 0 Å². The average molecular weight is 294 g/mol. The maximum absolute atomic E-state index is 4.64. The summed E-state index contributed by atoms with van der Waals surface area (Å²) in [6, 6.07) is 10.5. The summed E-state index contributed by atoms with van der Waals surface area (Å²) in [4.78, 5) is 9.08. The molecular formula is C19H24N3+. The summed E-state index contributed by atoms with van der Waals surface area (Å²) in [5.74, 6) is 1.44. The molecule has 3 rings (SSSR count). The van der Waals surface area contributed by atoms with E-state index in [2.05, 4.69) is 58.0 Å². The number of aliphatic imine (C=N–C) groups is 1. The molecule has 0 spiro atoms. The molecule has 22 heavy (non-hydrogen) atoms. The van der Waals surface area contributed by atoms with Crippen LogP contribution < -0.4 is 4.57 Å². The van der Waals surface area contributed by atoms with E-state index >= 15 is 0 Å². The zero-order valence-corrected chi connectivity index (χ0v) is 13.5. The second-order valence-corrected chi connectivity index (χ2v) is 6.23. The van der Waals surface area contributed by atoms with E-state index in [1.54, 1.807) is 0 Å². The van der Waals surface area contributed by atoms with Crippen LogP contribution in [0.25, 0.3) is 11.3 Å². The molecule has 0 aliphatic heterocycles. The second-order valence-electron chi connectivity index (χ2n) is 6.23. The van der Waals surface area contributed by atoms with Crippen LogP contribution in [0.2, 0.25) is 0 Å². The molecule has 1 saturated carbocycles. The molecule has 0 bridgehead atoms. The first kappa shape index (κ1) is 14.9. The zero-order chi connectivity index (χ0) is 15.4. The molecule has 2 aromatic rings. The molecule has 3 heteroatoms. The van der Waals surface area contributed by atoms with Crippen molar-refractivity contribution in [2.24, 2.45) is 18.0 Å². The first-order valence-corrected chi connectivity index (χ1v) is 8.20. The Bertz CT molecular complexity index is 670. The van der Waals surface area contributed by atoms with Gasteiger partial charge in [0.15, 0.2) is 0 Å². The van der Waals surface area contributed by atoms with Gasteiger partial charge in [-0.2, -0.15) is 0 Å². The predicted molar refractivity (Wildman–Crippen MR) is 90.3 cm³/mol. The van der Waals surface area contributed by atoms with Crippen LogP contribution in [0.5, 0.6) is 0 Å². The fourth-order valence-corrected chi connectivity index (χ4v) is 3.13. The lowest BCUT2D eigenvalue weighted by Gasteiger charge is -2.16. The van der Waals surface area contributed by atoms with Crippen molar-refractivity contribution in [3.63, 3.8) is 0 Å². The number of aryl methyl sites for hydroxylation is 2. The van der Waals surface area contributed by atoms with Gasteiger partial charge < -0.3 is 0 Å². The Kier molecular flexibility index (Phi) is 4.62. The van der Waals surface area contributed by atoms with Crippen LogP contribution in [0.4, 0.5) is 5.82 Å². The Morgan fingerprint density at radius 3 is 2.73 bits per heavy atom. The summed E-state index contributed by atoms with van der Waals surface area (Å²) < 4.78 is 2.06. The average Bonchev–Trinajstić information content (AvgIpc) is 2.56. The summed E-state index contributed by atoms with van der Waals surface area (Å²) in [5, 5.41) is 0. The van der Waals surface area contributed by atoms with Gasteiger partial charge in [-0.1, -0.05) is 43.5 Å². The highest BCUT2D eigenvalue weighted by molar-refractivity contribution is 5.67. The van der Waals surface area contributed by atoms with Crippen molar-refractivity contribution in [2.45, 2.75) is 39.0 Å². The molecule has 0 atom stereocenters. The predicted octanol–water partition coefficient (Wildman–Crippen LogP) is 4.16. The molecule has 1 aromatic carbocycles. The number of aromatic nitrogens is 2. The highest BCUT2D eigenvalue weighted by Gasteiger charge is 2.14. The Balaban J connectivity index is 1.86. The standard InChI is InChI=1S/C19H24N3/c1-15-8-6-7-11-17(15)18-12-19(21-14-22(18)2)20-13-16-9-4-3-5-10-16/h6-8,11-14,16H,3-5,9-10H2,1-2H3/q+1. The molecule has 3 nitrogen and oxygen atoms in total. The number of rotatable bonds is 3. The third-order valence-electron chi connectivity index (χ3n) is 4.50. The van der Waals surface area contributed by atoms with Gasteiger partial charge in [-0.05, 0) is 36.2 Å². The molecule has 1 aliphatic carbocycles. The van der Waals surface area contributed by atoms with E-state index in [1.165, 1.54) is 43.2 Å². The number of benzene rings is 1. The van der Waals surface area contributed by atoms with Crippen molar-refractivity contribution >= 4 is 12.0 Å². The second kappa shape index (κ2) is 6.82. The summed E-state index contributed by atoms with van der Waals surface area (Å²) >= 11 is 0. The molecule has 0 unspecified atom stereocenters. The zero-order valence-electron chi connectivity index (χ0n) is 13.5. The largest absolute Gasteiger partial charge is 0.289 e. The molecule has 0 N–H and O–H groups in total. The van der Waals surface area contributed by atoms with Gasteiger partial charge in [0.05, 0.1) is 13.1 Å². The van der Waals surface area contributed by atoms with Crippen molar-refractivity contribution in [3.05, 3.63) is 42.2 Å². The lowest BCUT2D eigenvalue weighted by molar-refractivity contribution is -0.663. The topological polar surface area (TPSA) is 29.1 Å². The van der Waals surface area contributed by atoms with Gasteiger partial charge in [0.1, 0.15) is 5.69 Å². The first-order chi connectivity index (χ1) is 10.7. The van der Waals surface area contributed by atoms with E-state index in [9.17, 15) is 0 Å². The number of hydrogen-bond acceptors (Lipinski definition) is 2. The van der Waals surface area contributed by atoms with Crippen LogP contribution in [-0.2, 0) is 7.05 Å². The Labute approximate surface area is 132 Å². The van der Waals surface area contributed by atoms with Gasteiger partial charge >= 0.3 is 0 Å². The van der Waals surface area contributed by atoms with Gasteiger partial charge in [0, 0.05) is 11.8 Å². The van der Waals surface area contributed by atoms with E-state index in [-0.39, 0.29) is 0 Å². The van der Waals surface area contributed by atoms with E-state index < -0.39 is 0 Å². The number of hydrogen-bond donors (Lipinski definition) is 0. The summed E-state index contributed by atoms with van der Waals surface area (Å²) in [7, 11) is 2.03. The Hall–Kier alpha value is -2.03. The molecule has 0 amide bonds. The first-order valence-electron chi connectivity index (χ1n) is 8.20. The molecule has 0 saturated heterocycles. The maximum atomic E-state index is 4.64. The molecule has 1 fully saturated rings. The quantitative estimate of drug-likeness (QED) is 0.617. The van der Waals surface area contributed by atoms with E-state index in [0.29, 0.717) is 5.92 Å². The molecule has 1 heterocycles. The lowest BCUT2D eigenvalue weighted by atomic mass is 9.90. The maximum Gasteiger partial charge on any atom is 0.289 e. The van der Waals surface area contributed by atoms with Crippen molar-refractivity contribution in [1.29, 1.82) is 0 Å². The van der Waals surface area contributed by atoms with E-state index in [4.69, 9.17) is 0 Å². The van der Waals surface area contributed by atoms with Crippen LogP contribution in [0.3, 0.4) is 0 Å². The Morgan fingerprint density at radius 1 is 1.18 bits per heavy atom. The normalized spacial score (nSPS) is 16.3. The van der Waals surface area contributed by atoms with Crippen LogP contribution >= 0.6 is 0 Å². The molecule has 0 radical (unpaired) electrons. The molecule has 1 aromatic heterocycles. The number of nitrogens with zero attached hydrogens (tertiary/aromatic N) is 3. The molecule has 1 aliphatic rings. The van der Waals surface area contributed by atoms with Crippen molar-refractivity contribution < 1.29 is 4.57 Å². The summed E-state index contributed by atoms with van der Waals surface area (Å²) in [6.45, 7) is 2.14. The van der Waals surface area contributed by atoms with Gasteiger partial charge in [-0.15, -0.1) is 0 Å². The van der Waals surface area contributed by atoms with Crippen LogP contribution in [0.1, 0.15) is 37.7 Å². The summed E-state index contributed by atoms with van der Waals surface area (Å²) in [5.41, 5.74) is 3.66. The van der Waals surface area contributed by atoms with Crippen LogP contribution in [-0.4, -0.2) is 11.2 Å². The highest BCUT2D eigenvalue weighted by Crippen LogP contribution is 2.24. The minimum Gasteiger partial charge on any atom is -0.232 e. The fraction of sp³-hybridized carbons (Fsp3) is 0.421. The van der Waals surface area contributed by atoms with E-state index in [1.807, 2.05) is 13.4 Å². The minimum absolute atomic E-state index is 0.631. The lowest BCUT2D eigenvalue weighted by Crippen LogP contribution is -2.31. The van der Waals surface area contributed by atoms with Crippen molar-refractivity contribution in [3.8, 4) is 11.3 Å². The van der Waals surface area contributed by atoms with Crippen molar-refractivity contribution in [1.82, 2.24) is 4.98 Å². The van der Waals surface area contributed by atoms with Crippen LogP contribution in [0.15, 0.2) is 41.7 Å². The minimum atomic E-state index is 0.631. The molecular weight excluding hydrogens is 270 g/mol. The van der Waals surface area contributed by atoms with Crippen molar-refractivity contribution in [2.75, 3.05) is 0 Å². The Morgan fingerprint density at radius 2 is 1.95 bits per heavy atom. The van der Waals surface area contributed by atoms with Gasteiger partial charge in [0.25, 0.3) is 12.1 Å². The third kappa shape index (κ3) is 3.41. The highest BCUT2D eigenvalue weighted by atomic mass is 15.0. The van der Waals surface area contributed by atoms with E-state index in [0.717, 1.165) is 11.5 Å². The van der Waals surface area contributed by atoms with Gasteiger partial charge in [-0.3, -0.25) is 0 Å². The monoisotopic (exact) mass is 294 g/mol. The summed E-state index contributed by atoms with van der Waals surface area (Å²) in [6.07, 6.45) is 10.6. The third-order valence-corrected chi connectivity index (χ3v) is 4.50. The fourth-order valence-electron chi connectivity index (χ4n) is 3.13. The van der Waals surface area contributed by atoms with Gasteiger partial charge in [-0.25, -0.2) is 9.56 Å². The SMILES string of the molecule is Cc1ccccc1-c1cc(N=CC2CCCCC2)nc[n+]1C.